The van der Waals surface area contributed by atoms with Crippen molar-refractivity contribution in [1.29, 1.82) is 0 Å². The molecule has 0 bridgehead atoms. The predicted octanol–water partition coefficient (Wildman–Crippen LogP) is 4.95. The summed E-state index contributed by atoms with van der Waals surface area (Å²) in [5, 5.41) is 6.51. The van der Waals surface area contributed by atoms with Crippen molar-refractivity contribution in [2.45, 2.75) is 26.8 Å². The lowest BCUT2D eigenvalue weighted by Gasteiger charge is -2.17. The standard InChI is InChI=1S/C18H21Cl2N3O3S/c1-4-27(25,26)23-17-8-6-14(9-11(17)2)22-18(24)21-12(3)15-7-5-13(19)10-16(15)20/h5-10,12,23H,4H2,1-3H3,(H2,21,22,24). The second-order valence-electron chi connectivity index (χ2n) is 6.02. The van der Waals surface area contributed by atoms with Crippen LogP contribution in [0.1, 0.15) is 31.0 Å². The van der Waals surface area contributed by atoms with Gasteiger partial charge in [-0.15, -0.1) is 0 Å². The average molecular weight is 430 g/mol. The van der Waals surface area contributed by atoms with Crippen LogP contribution in [0.4, 0.5) is 16.2 Å². The maximum Gasteiger partial charge on any atom is 0.319 e. The minimum atomic E-state index is -3.36. The van der Waals surface area contributed by atoms with Crippen molar-refractivity contribution in [1.82, 2.24) is 5.32 Å². The molecule has 0 fully saturated rings. The number of hydrogen-bond donors (Lipinski definition) is 3. The molecule has 27 heavy (non-hydrogen) atoms. The fraction of sp³-hybridized carbons (Fsp3) is 0.278. The molecule has 9 heteroatoms. The molecule has 6 nitrogen and oxygen atoms in total. The van der Waals surface area contributed by atoms with Crippen LogP contribution in [0.3, 0.4) is 0 Å². The zero-order valence-electron chi connectivity index (χ0n) is 15.1. The largest absolute Gasteiger partial charge is 0.331 e. The molecule has 1 atom stereocenters. The summed E-state index contributed by atoms with van der Waals surface area (Å²) in [5.74, 6) is -0.0139. The molecular weight excluding hydrogens is 409 g/mol. The summed E-state index contributed by atoms with van der Waals surface area (Å²) in [5.41, 5.74) is 2.46. The van der Waals surface area contributed by atoms with Gasteiger partial charge < -0.3 is 10.6 Å². The number of carbonyl (C=O) groups is 1. The first-order chi connectivity index (χ1) is 12.6. The van der Waals surface area contributed by atoms with E-state index in [9.17, 15) is 13.2 Å². The molecule has 3 N–H and O–H groups in total. The summed E-state index contributed by atoms with van der Waals surface area (Å²) >= 11 is 12.0. The number of carbonyl (C=O) groups excluding carboxylic acids is 1. The molecule has 0 aromatic heterocycles. The van der Waals surface area contributed by atoms with Gasteiger partial charge in [0.2, 0.25) is 10.0 Å². The van der Waals surface area contributed by atoms with Crippen LogP contribution >= 0.6 is 23.2 Å². The third-order valence-corrected chi connectivity index (χ3v) is 5.76. The first-order valence-corrected chi connectivity index (χ1v) is 10.7. The van der Waals surface area contributed by atoms with E-state index in [1.807, 2.05) is 6.92 Å². The molecular formula is C18H21Cl2N3O3S. The number of benzene rings is 2. The Morgan fingerprint density at radius 1 is 1.15 bits per heavy atom. The number of hydrogen-bond acceptors (Lipinski definition) is 3. The number of amides is 2. The average Bonchev–Trinajstić information content (AvgIpc) is 2.57. The van der Waals surface area contributed by atoms with Crippen molar-refractivity contribution >= 4 is 50.6 Å². The molecule has 0 radical (unpaired) electrons. The van der Waals surface area contributed by atoms with Gasteiger partial charge in [0.1, 0.15) is 0 Å². The van der Waals surface area contributed by atoms with E-state index >= 15 is 0 Å². The van der Waals surface area contributed by atoms with E-state index in [4.69, 9.17) is 23.2 Å². The Morgan fingerprint density at radius 3 is 2.44 bits per heavy atom. The molecule has 0 aliphatic carbocycles. The Balaban J connectivity index is 2.04. The van der Waals surface area contributed by atoms with E-state index in [-0.39, 0.29) is 11.8 Å². The SMILES string of the molecule is CCS(=O)(=O)Nc1ccc(NC(=O)NC(C)c2ccc(Cl)cc2Cl)cc1C. The molecule has 2 amide bonds. The van der Waals surface area contributed by atoms with Gasteiger partial charge in [-0.25, -0.2) is 13.2 Å². The number of anilines is 2. The molecule has 0 aliphatic rings. The van der Waals surface area contributed by atoms with E-state index in [0.717, 1.165) is 5.56 Å². The van der Waals surface area contributed by atoms with Gasteiger partial charge in [-0.1, -0.05) is 29.3 Å². The number of rotatable bonds is 6. The monoisotopic (exact) mass is 429 g/mol. The molecule has 0 spiro atoms. The first-order valence-electron chi connectivity index (χ1n) is 8.25. The van der Waals surface area contributed by atoms with Crippen molar-refractivity contribution in [3.8, 4) is 0 Å². The summed E-state index contributed by atoms with van der Waals surface area (Å²) in [6.45, 7) is 5.13. The lowest BCUT2D eigenvalue weighted by molar-refractivity contribution is 0.249. The second-order valence-corrected chi connectivity index (χ2v) is 8.88. The summed E-state index contributed by atoms with van der Waals surface area (Å²) in [7, 11) is -3.36. The number of sulfonamides is 1. The minimum Gasteiger partial charge on any atom is -0.331 e. The van der Waals surface area contributed by atoms with Gasteiger partial charge in [0.25, 0.3) is 0 Å². The lowest BCUT2D eigenvalue weighted by Crippen LogP contribution is -2.31. The molecule has 2 rings (SSSR count). The third-order valence-electron chi connectivity index (χ3n) is 3.91. The van der Waals surface area contributed by atoms with E-state index in [0.29, 0.717) is 27.0 Å². The van der Waals surface area contributed by atoms with E-state index in [1.165, 1.54) is 0 Å². The Morgan fingerprint density at radius 2 is 1.85 bits per heavy atom. The first kappa shape index (κ1) is 21.3. The highest BCUT2D eigenvalue weighted by Crippen LogP contribution is 2.26. The molecule has 2 aromatic carbocycles. The van der Waals surface area contributed by atoms with Gasteiger partial charge in [-0.2, -0.15) is 0 Å². The van der Waals surface area contributed by atoms with Crippen LogP contribution in [0.2, 0.25) is 10.0 Å². The van der Waals surface area contributed by atoms with Crippen LogP contribution < -0.4 is 15.4 Å². The second kappa shape index (κ2) is 8.82. The molecule has 2 aromatic rings. The molecule has 0 heterocycles. The predicted molar refractivity (Wildman–Crippen MR) is 111 cm³/mol. The highest BCUT2D eigenvalue weighted by Gasteiger charge is 2.14. The zero-order valence-corrected chi connectivity index (χ0v) is 17.5. The fourth-order valence-corrected chi connectivity index (χ4v) is 3.67. The summed E-state index contributed by atoms with van der Waals surface area (Å²) in [4.78, 5) is 12.2. The molecule has 0 saturated heterocycles. The van der Waals surface area contributed by atoms with Crippen LogP contribution in [0.5, 0.6) is 0 Å². The van der Waals surface area contributed by atoms with Crippen molar-refractivity contribution in [2.75, 3.05) is 15.8 Å². The smallest absolute Gasteiger partial charge is 0.319 e. The Bertz CT molecular complexity index is 949. The highest BCUT2D eigenvalue weighted by molar-refractivity contribution is 7.92. The normalized spacial score (nSPS) is 12.3. The van der Waals surface area contributed by atoms with Gasteiger partial charge in [-0.3, -0.25) is 4.72 Å². The van der Waals surface area contributed by atoms with Gasteiger partial charge >= 0.3 is 6.03 Å². The summed E-state index contributed by atoms with van der Waals surface area (Å²) in [6, 6.07) is 9.27. The number of aryl methyl sites for hydroxylation is 1. The van der Waals surface area contributed by atoms with E-state index in [1.54, 1.807) is 50.2 Å². The molecule has 0 aliphatic heterocycles. The van der Waals surface area contributed by atoms with Crippen molar-refractivity contribution < 1.29 is 13.2 Å². The minimum absolute atomic E-state index is 0.0139. The van der Waals surface area contributed by atoms with Crippen LogP contribution in [0, 0.1) is 6.92 Å². The van der Waals surface area contributed by atoms with Crippen molar-refractivity contribution in [3.63, 3.8) is 0 Å². The molecule has 0 saturated carbocycles. The molecule has 1 unspecified atom stereocenters. The Labute approximate surface area is 169 Å². The van der Waals surface area contributed by atoms with Crippen LogP contribution in [-0.2, 0) is 10.0 Å². The third kappa shape index (κ3) is 6.02. The van der Waals surface area contributed by atoms with E-state index < -0.39 is 16.1 Å². The Kier molecular flexibility index (Phi) is 6.97. The van der Waals surface area contributed by atoms with E-state index in [2.05, 4.69) is 15.4 Å². The van der Waals surface area contributed by atoms with Crippen molar-refractivity contribution in [2.24, 2.45) is 0 Å². The summed E-state index contributed by atoms with van der Waals surface area (Å²) in [6.07, 6.45) is 0. The quantitative estimate of drug-likeness (QED) is 0.606. The van der Waals surface area contributed by atoms with Gasteiger partial charge in [0, 0.05) is 15.7 Å². The Hall–Kier alpha value is -1.96. The number of urea groups is 1. The van der Waals surface area contributed by atoms with Crippen molar-refractivity contribution in [3.05, 3.63) is 57.6 Å². The van der Waals surface area contributed by atoms with Gasteiger partial charge in [0.15, 0.2) is 0 Å². The fourth-order valence-electron chi connectivity index (χ4n) is 2.39. The zero-order chi connectivity index (χ0) is 20.2. The highest BCUT2D eigenvalue weighted by atomic mass is 35.5. The topological polar surface area (TPSA) is 87.3 Å². The van der Waals surface area contributed by atoms with Crippen LogP contribution in [0.15, 0.2) is 36.4 Å². The molecule has 146 valence electrons. The lowest BCUT2D eigenvalue weighted by atomic mass is 10.1. The van der Waals surface area contributed by atoms with Crippen LogP contribution in [0.25, 0.3) is 0 Å². The summed E-state index contributed by atoms with van der Waals surface area (Å²) < 4.78 is 25.9. The number of nitrogens with one attached hydrogen (secondary N) is 3. The maximum atomic E-state index is 12.2. The number of halogens is 2. The van der Waals surface area contributed by atoms with Gasteiger partial charge in [-0.05, 0) is 62.2 Å². The maximum absolute atomic E-state index is 12.2. The van der Waals surface area contributed by atoms with Gasteiger partial charge in [0.05, 0.1) is 17.5 Å². The van der Waals surface area contributed by atoms with Crippen LogP contribution in [-0.4, -0.2) is 20.2 Å².